The van der Waals surface area contributed by atoms with Crippen LogP contribution in [0.4, 0.5) is 5.69 Å². The Labute approximate surface area is 153 Å². The lowest BCUT2D eigenvalue weighted by molar-refractivity contribution is 0.614. The van der Waals surface area contributed by atoms with Crippen molar-refractivity contribution in [2.45, 2.75) is 18.7 Å². The van der Waals surface area contributed by atoms with Crippen molar-refractivity contribution in [1.82, 2.24) is 15.0 Å². The van der Waals surface area contributed by atoms with E-state index in [1.54, 1.807) is 6.20 Å². The van der Waals surface area contributed by atoms with Crippen LogP contribution in [0.1, 0.15) is 16.8 Å². The van der Waals surface area contributed by atoms with Crippen LogP contribution >= 0.6 is 0 Å². The smallest absolute Gasteiger partial charge is 0.178 e. The van der Waals surface area contributed by atoms with E-state index in [9.17, 15) is 8.42 Å². The van der Waals surface area contributed by atoms with Crippen LogP contribution in [0.5, 0.6) is 0 Å². The van der Waals surface area contributed by atoms with E-state index in [1.807, 2.05) is 48.7 Å². The van der Waals surface area contributed by atoms with Crippen LogP contribution in [0.25, 0.3) is 11.5 Å². The molecule has 0 radical (unpaired) electrons. The molecule has 26 heavy (non-hydrogen) atoms. The normalized spacial score (nSPS) is 13.7. The first-order valence-electron chi connectivity index (χ1n) is 8.41. The number of pyridine rings is 1. The molecule has 1 aromatic carbocycles. The average molecular weight is 366 g/mol. The Hall–Kier alpha value is -2.80. The molecule has 0 fully saturated rings. The first kappa shape index (κ1) is 16.7. The Bertz CT molecular complexity index is 980. The maximum absolute atomic E-state index is 10.8. The predicted octanol–water partition coefficient (Wildman–Crippen LogP) is 2.21. The average Bonchev–Trinajstić information content (AvgIpc) is 2.68. The maximum atomic E-state index is 10.8. The molecule has 0 N–H and O–H groups in total. The van der Waals surface area contributed by atoms with Gasteiger partial charge in [-0.1, -0.05) is 18.2 Å². The minimum atomic E-state index is -2.39. The zero-order valence-electron chi connectivity index (χ0n) is 14.1. The highest BCUT2D eigenvalue weighted by Gasteiger charge is 2.19. The van der Waals surface area contributed by atoms with E-state index in [-0.39, 0.29) is 5.75 Å². The zero-order valence-corrected chi connectivity index (χ0v) is 15.0. The fourth-order valence-corrected chi connectivity index (χ4v) is 3.63. The zero-order chi connectivity index (χ0) is 17.9. The first-order chi connectivity index (χ1) is 12.7. The Morgan fingerprint density at radius 3 is 2.62 bits per heavy atom. The van der Waals surface area contributed by atoms with Crippen LogP contribution in [0, 0.1) is 0 Å². The molecular formula is C19H18N4O2S. The SMILES string of the molecule is O=[SH](=O)Cc1ccc(N2CCc3nc(-c4ccccn4)ncc3C2)cc1. The molecule has 1 aliphatic rings. The summed E-state index contributed by atoms with van der Waals surface area (Å²) < 4.78 is 21.7. The van der Waals surface area contributed by atoms with Gasteiger partial charge >= 0.3 is 0 Å². The van der Waals surface area contributed by atoms with E-state index < -0.39 is 10.7 Å². The first-order valence-corrected chi connectivity index (χ1v) is 9.77. The minimum absolute atomic E-state index is 0.0859. The van der Waals surface area contributed by atoms with Crippen LogP contribution < -0.4 is 4.90 Å². The van der Waals surface area contributed by atoms with E-state index in [1.165, 1.54) is 0 Å². The number of nitrogens with zero attached hydrogens (tertiary/aromatic N) is 4. The van der Waals surface area contributed by atoms with Crippen molar-refractivity contribution in [1.29, 1.82) is 0 Å². The Balaban J connectivity index is 1.53. The lowest BCUT2D eigenvalue weighted by Gasteiger charge is -2.30. The Kier molecular flexibility index (Phi) is 4.62. The van der Waals surface area contributed by atoms with Gasteiger partial charge in [0.1, 0.15) is 16.4 Å². The predicted molar refractivity (Wildman–Crippen MR) is 100 cm³/mol. The highest BCUT2D eigenvalue weighted by molar-refractivity contribution is 7.71. The molecule has 3 heterocycles. The molecule has 2 aromatic heterocycles. The van der Waals surface area contributed by atoms with Crippen LogP contribution in [-0.4, -0.2) is 29.9 Å². The number of fused-ring (bicyclic) bond motifs is 1. The van der Waals surface area contributed by atoms with Gasteiger partial charge in [-0.2, -0.15) is 0 Å². The quantitative estimate of drug-likeness (QED) is 0.714. The van der Waals surface area contributed by atoms with Crippen molar-refractivity contribution in [3.05, 3.63) is 71.7 Å². The number of benzene rings is 1. The fourth-order valence-electron chi connectivity index (χ4n) is 3.12. The molecule has 1 aliphatic heterocycles. The number of hydrogen-bond donors (Lipinski definition) is 1. The molecule has 3 aromatic rings. The van der Waals surface area contributed by atoms with Crippen molar-refractivity contribution in [3.8, 4) is 11.5 Å². The Morgan fingerprint density at radius 1 is 1.04 bits per heavy atom. The topological polar surface area (TPSA) is 76.1 Å². The molecule has 0 spiro atoms. The molecule has 0 aliphatic carbocycles. The summed E-state index contributed by atoms with van der Waals surface area (Å²) in [5.74, 6) is 0.747. The number of rotatable bonds is 4. The second kappa shape index (κ2) is 7.21. The molecule has 7 heteroatoms. The summed E-state index contributed by atoms with van der Waals surface area (Å²) in [6, 6.07) is 13.4. The van der Waals surface area contributed by atoms with Gasteiger partial charge < -0.3 is 4.90 Å². The van der Waals surface area contributed by atoms with Crippen molar-refractivity contribution < 1.29 is 8.42 Å². The van der Waals surface area contributed by atoms with Gasteiger partial charge in [0.2, 0.25) is 0 Å². The maximum Gasteiger partial charge on any atom is 0.178 e. The second-order valence-corrected chi connectivity index (χ2v) is 7.19. The van der Waals surface area contributed by atoms with Crippen molar-refractivity contribution in [3.63, 3.8) is 0 Å². The summed E-state index contributed by atoms with van der Waals surface area (Å²) in [5, 5.41) is 0. The highest BCUT2D eigenvalue weighted by atomic mass is 32.2. The second-order valence-electron chi connectivity index (χ2n) is 6.21. The molecule has 0 atom stereocenters. The van der Waals surface area contributed by atoms with Crippen molar-refractivity contribution in [2.24, 2.45) is 0 Å². The lowest BCUT2D eigenvalue weighted by atomic mass is 10.1. The summed E-state index contributed by atoms with van der Waals surface area (Å²) in [6.07, 6.45) is 4.47. The van der Waals surface area contributed by atoms with Gasteiger partial charge in [-0.05, 0) is 29.8 Å². The van der Waals surface area contributed by atoms with Gasteiger partial charge in [0, 0.05) is 43.2 Å². The molecule has 0 unspecified atom stereocenters. The van der Waals surface area contributed by atoms with Gasteiger partial charge in [0.05, 0.1) is 11.4 Å². The minimum Gasteiger partial charge on any atom is -0.367 e. The van der Waals surface area contributed by atoms with Gasteiger partial charge in [-0.25, -0.2) is 18.4 Å². The van der Waals surface area contributed by atoms with Crippen LogP contribution in [0.15, 0.2) is 54.9 Å². The third kappa shape index (κ3) is 3.57. The van der Waals surface area contributed by atoms with Crippen molar-refractivity contribution >= 4 is 16.4 Å². The van der Waals surface area contributed by atoms with E-state index in [4.69, 9.17) is 4.98 Å². The van der Waals surface area contributed by atoms with Crippen LogP contribution in [0.2, 0.25) is 0 Å². The summed E-state index contributed by atoms with van der Waals surface area (Å²) in [4.78, 5) is 15.7. The standard InChI is InChI=1S/C19H18N4O2S/c24-26(25)13-14-4-6-16(7-5-14)23-10-8-17-15(12-23)11-21-19(22-17)18-3-1-2-9-20-18/h1-7,9,11,26H,8,10,12-13H2. The molecule has 0 saturated heterocycles. The van der Waals surface area contributed by atoms with Gasteiger partial charge in [0.25, 0.3) is 0 Å². The summed E-state index contributed by atoms with van der Waals surface area (Å²) in [7, 11) is -2.39. The van der Waals surface area contributed by atoms with E-state index in [2.05, 4.69) is 14.9 Å². The summed E-state index contributed by atoms with van der Waals surface area (Å²) in [5.41, 5.74) is 4.85. The molecule has 0 amide bonds. The van der Waals surface area contributed by atoms with Crippen LogP contribution in [-0.2, 0) is 29.4 Å². The summed E-state index contributed by atoms with van der Waals surface area (Å²) >= 11 is 0. The molecular weight excluding hydrogens is 348 g/mol. The third-order valence-electron chi connectivity index (χ3n) is 4.44. The van der Waals surface area contributed by atoms with Gasteiger partial charge in [-0.3, -0.25) is 4.98 Å². The number of thiol groups is 1. The van der Waals surface area contributed by atoms with Crippen molar-refractivity contribution in [2.75, 3.05) is 11.4 Å². The third-order valence-corrected chi connectivity index (χ3v) is 5.06. The monoisotopic (exact) mass is 366 g/mol. The van der Waals surface area contributed by atoms with E-state index in [0.717, 1.165) is 47.7 Å². The fraction of sp³-hybridized carbons (Fsp3) is 0.211. The van der Waals surface area contributed by atoms with Gasteiger partial charge in [0.15, 0.2) is 5.82 Å². The van der Waals surface area contributed by atoms with E-state index in [0.29, 0.717) is 5.82 Å². The molecule has 0 bridgehead atoms. The molecule has 6 nitrogen and oxygen atoms in total. The van der Waals surface area contributed by atoms with Crippen LogP contribution in [0.3, 0.4) is 0 Å². The highest BCUT2D eigenvalue weighted by Crippen LogP contribution is 2.25. The number of anilines is 1. The number of hydrogen-bond acceptors (Lipinski definition) is 6. The molecule has 4 rings (SSSR count). The molecule has 0 saturated carbocycles. The van der Waals surface area contributed by atoms with Gasteiger partial charge in [-0.15, -0.1) is 0 Å². The van der Waals surface area contributed by atoms with E-state index >= 15 is 0 Å². The number of aromatic nitrogens is 3. The summed E-state index contributed by atoms with van der Waals surface area (Å²) in [6.45, 7) is 1.60. The Morgan fingerprint density at radius 2 is 1.88 bits per heavy atom. The molecule has 132 valence electrons. The lowest BCUT2D eigenvalue weighted by Crippen LogP contribution is -2.31. The largest absolute Gasteiger partial charge is 0.367 e.